The van der Waals surface area contributed by atoms with E-state index in [2.05, 4.69) is 10.6 Å². The van der Waals surface area contributed by atoms with Crippen LogP contribution in [0.2, 0.25) is 0 Å². The Hall–Kier alpha value is -0.650. The Labute approximate surface area is 97.9 Å². The summed E-state index contributed by atoms with van der Waals surface area (Å²) >= 11 is 0. The van der Waals surface area contributed by atoms with Gasteiger partial charge in [-0.25, -0.2) is 0 Å². The normalized spacial score (nSPS) is 10.4. The van der Waals surface area contributed by atoms with Gasteiger partial charge < -0.3 is 20.1 Å². The number of carbonyl (C=O) groups excluding carboxylic acids is 1. The zero-order chi connectivity index (χ0) is 12.1. The van der Waals surface area contributed by atoms with Crippen LogP contribution < -0.4 is 10.6 Å². The van der Waals surface area contributed by atoms with E-state index in [-0.39, 0.29) is 5.91 Å². The Morgan fingerprint density at radius 2 is 1.75 bits per heavy atom. The fourth-order valence-electron chi connectivity index (χ4n) is 1.20. The Kier molecular flexibility index (Phi) is 11.9. The minimum Gasteiger partial charge on any atom is -0.385 e. The van der Waals surface area contributed by atoms with E-state index in [1.165, 1.54) is 0 Å². The molecule has 96 valence electrons. The first-order chi connectivity index (χ1) is 7.81. The summed E-state index contributed by atoms with van der Waals surface area (Å²) < 4.78 is 9.77. The van der Waals surface area contributed by atoms with Crippen LogP contribution in [0.25, 0.3) is 0 Å². The molecular formula is C11H24N2O3. The van der Waals surface area contributed by atoms with Crippen molar-refractivity contribution in [2.75, 3.05) is 47.1 Å². The van der Waals surface area contributed by atoms with Gasteiger partial charge >= 0.3 is 0 Å². The number of hydrogen-bond acceptors (Lipinski definition) is 4. The molecule has 0 aliphatic rings. The molecule has 0 aromatic heterocycles. The number of amides is 1. The van der Waals surface area contributed by atoms with E-state index in [0.29, 0.717) is 19.6 Å². The third kappa shape index (κ3) is 11.4. The molecule has 0 atom stereocenters. The predicted molar refractivity (Wildman–Crippen MR) is 63.5 cm³/mol. The van der Waals surface area contributed by atoms with E-state index >= 15 is 0 Å². The maximum absolute atomic E-state index is 11.2. The van der Waals surface area contributed by atoms with Crippen LogP contribution in [0.5, 0.6) is 0 Å². The first-order valence-corrected chi connectivity index (χ1v) is 5.76. The quantitative estimate of drug-likeness (QED) is 0.498. The van der Waals surface area contributed by atoms with Crippen LogP contribution in [0.1, 0.15) is 19.3 Å². The highest BCUT2D eigenvalue weighted by molar-refractivity contribution is 5.75. The van der Waals surface area contributed by atoms with Gasteiger partial charge in [0.15, 0.2) is 0 Å². The lowest BCUT2D eigenvalue weighted by Gasteiger charge is -2.05. The topological polar surface area (TPSA) is 59.6 Å². The van der Waals surface area contributed by atoms with Crippen LogP contribution in [-0.4, -0.2) is 53.0 Å². The van der Waals surface area contributed by atoms with E-state index in [0.717, 1.165) is 32.5 Å². The summed E-state index contributed by atoms with van der Waals surface area (Å²) in [5.74, 6) is 0.0708. The predicted octanol–water partition coefficient (Wildman–Crippen LogP) is 0.155. The van der Waals surface area contributed by atoms with Crippen molar-refractivity contribution in [3.05, 3.63) is 0 Å². The lowest BCUT2D eigenvalue weighted by atomic mass is 10.3. The molecule has 0 bridgehead atoms. The maximum atomic E-state index is 11.2. The smallest absolute Gasteiger partial charge is 0.221 e. The van der Waals surface area contributed by atoms with Gasteiger partial charge in [0.05, 0.1) is 6.61 Å². The van der Waals surface area contributed by atoms with E-state index in [4.69, 9.17) is 9.47 Å². The van der Waals surface area contributed by atoms with Crippen LogP contribution >= 0.6 is 0 Å². The van der Waals surface area contributed by atoms with E-state index < -0.39 is 0 Å². The Morgan fingerprint density at radius 3 is 2.44 bits per heavy atom. The molecule has 0 heterocycles. The number of hydrogen-bond donors (Lipinski definition) is 2. The van der Waals surface area contributed by atoms with Crippen LogP contribution in [-0.2, 0) is 14.3 Å². The minimum atomic E-state index is 0.0708. The van der Waals surface area contributed by atoms with Crippen LogP contribution in [0.15, 0.2) is 0 Å². The number of unbranched alkanes of at least 4 members (excludes halogenated alkanes) is 1. The summed E-state index contributed by atoms with van der Waals surface area (Å²) in [5.41, 5.74) is 0. The van der Waals surface area contributed by atoms with Crippen LogP contribution in [0.4, 0.5) is 0 Å². The molecule has 0 fully saturated rings. The molecule has 16 heavy (non-hydrogen) atoms. The third-order valence-electron chi connectivity index (χ3n) is 2.11. The molecule has 0 rings (SSSR count). The Morgan fingerprint density at radius 1 is 1.00 bits per heavy atom. The SMILES string of the molecule is COCCCCNCCC(=O)NCCOC. The van der Waals surface area contributed by atoms with Gasteiger partial charge in [-0.15, -0.1) is 0 Å². The van der Waals surface area contributed by atoms with Crippen molar-refractivity contribution in [1.29, 1.82) is 0 Å². The molecule has 0 saturated carbocycles. The van der Waals surface area contributed by atoms with Crippen molar-refractivity contribution in [3.8, 4) is 0 Å². The lowest BCUT2D eigenvalue weighted by Crippen LogP contribution is -2.30. The van der Waals surface area contributed by atoms with Crippen molar-refractivity contribution in [3.63, 3.8) is 0 Å². The summed E-state index contributed by atoms with van der Waals surface area (Å²) in [4.78, 5) is 11.2. The van der Waals surface area contributed by atoms with Gasteiger partial charge in [0, 0.05) is 40.3 Å². The van der Waals surface area contributed by atoms with Gasteiger partial charge in [0.2, 0.25) is 5.91 Å². The first kappa shape index (κ1) is 15.3. The van der Waals surface area contributed by atoms with Crippen LogP contribution in [0.3, 0.4) is 0 Å². The molecule has 0 aliphatic carbocycles. The molecule has 5 nitrogen and oxygen atoms in total. The average Bonchev–Trinajstić information content (AvgIpc) is 2.28. The third-order valence-corrected chi connectivity index (χ3v) is 2.11. The number of nitrogens with one attached hydrogen (secondary N) is 2. The van der Waals surface area contributed by atoms with Gasteiger partial charge in [0.1, 0.15) is 0 Å². The highest BCUT2D eigenvalue weighted by Crippen LogP contribution is 1.87. The summed E-state index contributed by atoms with van der Waals surface area (Å²) in [5, 5.41) is 5.99. The fraction of sp³-hybridized carbons (Fsp3) is 0.909. The second kappa shape index (κ2) is 12.4. The molecule has 0 saturated heterocycles. The van der Waals surface area contributed by atoms with Crippen molar-refractivity contribution < 1.29 is 14.3 Å². The summed E-state index contributed by atoms with van der Waals surface area (Å²) in [6.45, 7) is 3.62. The molecule has 5 heteroatoms. The molecule has 1 amide bonds. The van der Waals surface area contributed by atoms with E-state index in [1.54, 1.807) is 14.2 Å². The number of rotatable bonds is 11. The second-order valence-corrected chi connectivity index (χ2v) is 3.54. The van der Waals surface area contributed by atoms with Crippen molar-refractivity contribution in [1.82, 2.24) is 10.6 Å². The molecule has 0 aromatic carbocycles. The highest BCUT2D eigenvalue weighted by atomic mass is 16.5. The van der Waals surface area contributed by atoms with Crippen molar-refractivity contribution >= 4 is 5.91 Å². The molecule has 0 aliphatic heterocycles. The van der Waals surface area contributed by atoms with Crippen molar-refractivity contribution in [2.24, 2.45) is 0 Å². The number of methoxy groups -OCH3 is 2. The first-order valence-electron chi connectivity index (χ1n) is 5.76. The zero-order valence-corrected chi connectivity index (χ0v) is 10.4. The van der Waals surface area contributed by atoms with Crippen LogP contribution in [0, 0.1) is 0 Å². The molecule has 0 aromatic rings. The molecule has 0 spiro atoms. The standard InChI is InChI=1S/C11H24N2O3/c1-15-9-4-3-6-12-7-5-11(14)13-8-10-16-2/h12H,3-10H2,1-2H3,(H,13,14). The van der Waals surface area contributed by atoms with Gasteiger partial charge in [-0.05, 0) is 19.4 Å². The minimum absolute atomic E-state index is 0.0708. The second-order valence-electron chi connectivity index (χ2n) is 3.54. The number of carbonyl (C=O) groups is 1. The van der Waals surface area contributed by atoms with Gasteiger partial charge in [-0.3, -0.25) is 4.79 Å². The molecule has 0 radical (unpaired) electrons. The van der Waals surface area contributed by atoms with Gasteiger partial charge in [-0.2, -0.15) is 0 Å². The maximum Gasteiger partial charge on any atom is 0.221 e. The molecule has 0 unspecified atom stereocenters. The monoisotopic (exact) mass is 232 g/mol. The largest absolute Gasteiger partial charge is 0.385 e. The summed E-state index contributed by atoms with van der Waals surface area (Å²) in [7, 11) is 3.32. The zero-order valence-electron chi connectivity index (χ0n) is 10.4. The summed E-state index contributed by atoms with van der Waals surface area (Å²) in [6, 6.07) is 0. The highest BCUT2D eigenvalue weighted by Gasteiger charge is 1.98. The average molecular weight is 232 g/mol. The van der Waals surface area contributed by atoms with Crippen molar-refractivity contribution in [2.45, 2.75) is 19.3 Å². The van der Waals surface area contributed by atoms with E-state index in [1.807, 2.05) is 0 Å². The molecular weight excluding hydrogens is 208 g/mol. The number of ether oxygens (including phenoxy) is 2. The molecule has 2 N–H and O–H groups in total. The Balaban J connectivity index is 3.09. The van der Waals surface area contributed by atoms with Gasteiger partial charge in [0.25, 0.3) is 0 Å². The Bertz CT molecular complexity index is 165. The summed E-state index contributed by atoms with van der Waals surface area (Å²) in [6.07, 6.45) is 2.66. The fourth-order valence-corrected chi connectivity index (χ4v) is 1.20. The lowest BCUT2D eigenvalue weighted by molar-refractivity contribution is -0.121. The van der Waals surface area contributed by atoms with Gasteiger partial charge in [-0.1, -0.05) is 0 Å². The van der Waals surface area contributed by atoms with E-state index in [9.17, 15) is 4.79 Å².